The summed E-state index contributed by atoms with van der Waals surface area (Å²) in [6, 6.07) is 0. The molecule has 0 aromatic rings. The Labute approximate surface area is 126 Å². The molecule has 0 rings (SSSR count). The summed E-state index contributed by atoms with van der Waals surface area (Å²) in [5.41, 5.74) is 5.72. The standard InChI is InChI=1S/C17H36N2O/c1-13(2)14(10-11-18)8-9-15(20)19-17(6,7)12-16(3,4)5/h13-14H,8-12,18H2,1-7H3,(H,19,20). The molecule has 0 saturated carbocycles. The zero-order chi connectivity index (χ0) is 16.0. The quantitative estimate of drug-likeness (QED) is 0.713. The maximum atomic E-state index is 12.1. The minimum absolute atomic E-state index is 0.142. The van der Waals surface area contributed by atoms with E-state index in [1.165, 1.54) is 0 Å². The van der Waals surface area contributed by atoms with Crippen molar-refractivity contribution in [2.24, 2.45) is 23.0 Å². The van der Waals surface area contributed by atoms with Gasteiger partial charge in [-0.25, -0.2) is 0 Å². The average molecular weight is 284 g/mol. The monoisotopic (exact) mass is 284 g/mol. The van der Waals surface area contributed by atoms with E-state index in [4.69, 9.17) is 5.73 Å². The van der Waals surface area contributed by atoms with E-state index in [0.717, 1.165) is 19.3 Å². The highest BCUT2D eigenvalue weighted by atomic mass is 16.1. The molecular weight excluding hydrogens is 248 g/mol. The van der Waals surface area contributed by atoms with Crippen molar-refractivity contribution in [3.05, 3.63) is 0 Å². The highest BCUT2D eigenvalue weighted by molar-refractivity contribution is 5.76. The second-order valence-electron chi connectivity index (χ2n) is 8.29. The van der Waals surface area contributed by atoms with Crippen LogP contribution < -0.4 is 11.1 Å². The Balaban J connectivity index is 4.28. The van der Waals surface area contributed by atoms with E-state index in [-0.39, 0.29) is 16.9 Å². The van der Waals surface area contributed by atoms with E-state index < -0.39 is 0 Å². The molecule has 0 aromatic heterocycles. The number of rotatable bonds is 8. The fourth-order valence-electron chi connectivity index (χ4n) is 3.15. The maximum absolute atomic E-state index is 12.1. The van der Waals surface area contributed by atoms with Crippen LogP contribution in [0, 0.1) is 17.3 Å². The average Bonchev–Trinajstić information content (AvgIpc) is 2.19. The number of amides is 1. The molecule has 0 saturated heterocycles. The molecule has 0 heterocycles. The third kappa shape index (κ3) is 9.35. The van der Waals surface area contributed by atoms with Gasteiger partial charge in [0, 0.05) is 12.0 Å². The zero-order valence-electron chi connectivity index (χ0n) is 14.7. The minimum atomic E-state index is -0.142. The van der Waals surface area contributed by atoms with Crippen LogP contribution >= 0.6 is 0 Å². The molecule has 0 aliphatic carbocycles. The first-order chi connectivity index (χ1) is 8.97. The van der Waals surface area contributed by atoms with Crippen molar-refractivity contribution in [1.29, 1.82) is 0 Å². The fourth-order valence-corrected chi connectivity index (χ4v) is 3.15. The van der Waals surface area contributed by atoms with Crippen molar-refractivity contribution in [2.45, 2.75) is 79.7 Å². The van der Waals surface area contributed by atoms with Gasteiger partial charge in [-0.2, -0.15) is 0 Å². The Morgan fingerprint density at radius 2 is 1.65 bits per heavy atom. The second-order valence-corrected chi connectivity index (χ2v) is 8.29. The summed E-state index contributed by atoms with van der Waals surface area (Å²) in [4.78, 5) is 12.1. The largest absolute Gasteiger partial charge is 0.351 e. The molecule has 1 amide bonds. The summed E-state index contributed by atoms with van der Waals surface area (Å²) in [6.07, 6.45) is 3.53. The van der Waals surface area contributed by atoms with Crippen LogP contribution in [-0.2, 0) is 4.79 Å². The van der Waals surface area contributed by atoms with Crippen molar-refractivity contribution >= 4 is 5.91 Å². The van der Waals surface area contributed by atoms with Gasteiger partial charge in [-0.3, -0.25) is 4.79 Å². The smallest absolute Gasteiger partial charge is 0.220 e. The first-order valence-corrected chi connectivity index (χ1v) is 7.98. The summed E-state index contributed by atoms with van der Waals surface area (Å²) in [7, 11) is 0. The van der Waals surface area contributed by atoms with Gasteiger partial charge in [0.2, 0.25) is 5.91 Å². The maximum Gasteiger partial charge on any atom is 0.220 e. The lowest BCUT2D eigenvalue weighted by molar-refractivity contribution is -0.123. The molecular formula is C17H36N2O. The molecule has 0 aromatic carbocycles. The lowest BCUT2D eigenvalue weighted by Gasteiger charge is -2.33. The third-order valence-electron chi connectivity index (χ3n) is 3.67. The van der Waals surface area contributed by atoms with Gasteiger partial charge in [0.1, 0.15) is 0 Å². The third-order valence-corrected chi connectivity index (χ3v) is 3.67. The first-order valence-electron chi connectivity index (χ1n) is 7.98. The van der Waals surface area contributed by atoms with E-state index in [1.54, 1.807) is 0 Å². The zero-order valence-corrected chi connectivity index (χ0v) is 14.7. The van der Waals surface area contributed by atoms with Gasteiger partial charge in [0.25, 0.3) is 0 Å². The number of carbonyl (C=O) groups is 1. The number of nitrogens with two attached hydrogens (primary N) is 1. The Morgan fingerprint density at radius 3 is 2.05 bits per heavy atom. The first kappa shape index (κ1) is 19.4. The van der Waals surface area contributed by atoms with Gasteiger partial charge in [0.05, 0.1) is 0 Å². The van der Waals surface area contributed by atoms with Crippen LogP contribution in [0.15, 0.2) is 0 Å². The predicted octanol–water partition coefficient (Wildman–Crippen LogP) is 3.72. The van der Waals surface area contributed by atoms with Crippen LogP contribution in [0.2, 0.25) is 0 Å². The molecule has 1 unspecified atom stereocenters. The Kier molecular flexibility index (Phi) is 7.79. The molecule has 20 heavy (non-hydrogen) atoms. The Bertz CT molecular complexity index is 290. The SMILES string of the molecule is CC(C)C(CCN)CCC(=O)NC(C)(C)CC(C)(C)C. The molecule has 3 N–H and O–H groups in total. The minimum Gasteiger partial charge on any atom is -0.351 e. The molecule has 0 spiro atoms. The van der Waals surface area contributed by atoms with Gasteiger partial charge < -0.3 is 11.1 Å². The Hall–Kier alpha value is -0.570. The molecule has 3 nitrogen and oxygen atoms in total. The van der Waals surface area contributed by atoms with E-state index in [9.17, 15) is 4.79 Å². The molecule has 0 fully saturated rings. The van der Waals surface area contributed by atoms with Crippen molar-refractivity contribution < 1.29 is 4.79 Å². The van der Waals surface area contributed by atoms with Gasteiger partial charge in [0.15, 0.2) is 0 Å². The lowest BCUT2D eigenvalue weighted by atomic mass is 9.81. The lowest BCUT2D eigenvalue weighted by Crippen LogP contribution is -2.45. The van der Waals surface area contributed by atoms with Crippen LogP contribution in [0.4, 0.5) is 0 Å². The number of hydrogen-bond donors (Lipinski definition) is 2. The molecule has 0 aliphatic heterocycles. The van der Waals surface area contributed by atoms with Gasteiger partial charge in [-0.05, 0) is 56.9 Å². The normalized spacial score (nSPS) is 14.4. The van der Waals surface area contributed by atoms with E-state index >= 15 is 0 Å². The number of nitrogens with one attached hydrogen (secondary N) is 1. The molecule has 3 heteroatoms. The van der Waals surface area contributed by atoms with Crippen LogP contribution in [0.3, 0.4) is 0 Å². The van der Waals surface area contributed by atoms with Crippen molar-refractivity contribution in [1.82, 2.24) is 5.32 Å². The molecule has 0 radical (unpaired) electrons. The summed E-state index contributed by atoms with van der Waals surface area (Å²) >= 11 is 0. The molecule has 1 atom stereocenters. The highest BCUT2D eigenvalue weighted by Crippen LogP contribution is 2.27. The van der Waals surface area contributed by atoms with E-state index in [0.29, 0.717) is 24.8 Å². The van der Waals surface area contributed by atoms with Crippen molar-refractivity contribution in [3.63, 3.8) is 0 Å². The summed E-state index contributed by atoms with van der Waals surface area (Å²) in [5.74, 6) is 1.31. The van der Waals surface area contributed by atoms with E-state index in [1.807, 2.05) is 0 Å². The van der Waals surface area contributed by atoms with E-state index in [2.05, 4.69) is 53.8 Å². The van der Waals surface area contributed by atoms with Crippen LogP contribution in [-0.4, -0.2) is 18.0 Å². The number of carbonyl (C=O) groups excluding carboxylic acids is 1. The fraction of sp³-hybridized carbons (Fsp3) is 0.941. The van der Waals surface area contributed by atoms with Gasteiger partial charge in [-0.15, -0.1) is 0 Å². The second kappa shape index (κ2) is 8.02. The summed E-state index contributed by atoms with van der Waals surface area (Å²) in [6.45, 7) is 16.0. The molecule has 0 bridgehead atoms. The number of hydrogen-bond acceptors (Lipinski definition) is 2. The van der Waals surface area contributed by atoms with Crippen LogP contribution in [0.5, 0.6) is 0 Å². The van der Waals surface area contributed by atoms with Crippen molar-refractivity contribution in [2.75, 3.05) is 6.54 Å². The highest BCUT2D eigenvalue weighted by Gasteiger charge is 2.27. The summed E-state index contributed by atoms with van der Waals surface area (Å²) < 4.78 is 0. The topological polar surface area (TPSA) is 55.1 Å². The van der Waals surface area contributed by atoms with Gasteiger partial charge in [-0.1, -0.05) is 34.6 Å². The van der Waals surface area contributed by atoms with Crippen molar-refractivity contribution in [3.8, 4) is 0 Å². The molecule has 120 valence electrons. The predicted molar refractivity (Wildman–Crippen MR) is 87.5 cm³/mol. The molecule has 0 aliphatic rings. The van der Waals surface area contributed by atoms with Crippen LogP contribution in [0.25, 0.3) is 0 Å². The Morgan fingerprint density at radius 1 is 1.10 bits per heavy atom. The van der Waals surface area contributed by atoms with Crippen LogP contribution in [0.1, 0.15) is 74.1 Å². The summed E-state index contributed by atoms with van der Waals surface area (Å²) in [5, 5.41) is 3.18. The van der Waals surface area contributed by atoms with Gasteiger partial charge >= 0.3 is 0 Å².